The fraction of sp³-hybridized carbons (Fsp3) is 0.438. The third kappa shape index (κ3) is 4.27. The van der Waals surface area contributed by atoms with E-state index >= 15 is 0 Å². The van der Waals surface area contributed by atoms with Crippen LogP contribution in [0.1, 0.15) is 36.4 Å². The van der Waals surface area contributed by atoms with Gasteiger partial charge in [0, 0.05) is 6.42 Å². The van der Waals surface area contributed by atoms with E-state index in [0.717, 1.165) is 23.4 Å². The van der Waals surface area contributed by atoms with Gasteiger partial charge in [-0.25, -0.2) is 0 Å². The highest BCUT2D eigenvalue weighted by Crippen LogP contribution is 2.19. The van der Waals surface area contributed by atoms with E-state index in [4.69, 9.17) is 4.74 Å². The molecule has 1 N–H and O–H groups in total. The molecule has 1 amide bonds. The number of benzene rings is 1. The molecule has 1 atom stereocenters. The van der Waals surface area contributed by atoms with E-state index in [0.29, 0.717) is 10.9 Å². The summed E-state index contributed by atoms with van der Waals surface area (Å²) < 4.78 is 5.68. The predicted molar refractivity (Wildman–Crippen MR) is 88.5 cm³/mol. The summed E-state index contributed by atoms with van der Waals surface area (Å²) in [4.78, 5) is 12.1. The number of nitrogens with zero attached hydrogens (tertiary/aromatic N) is 2. The molecule has 0 fully saturated rings. The quantitative estimate of drug-likeness (QED) is 0.885. The van der Waals surface area contributed by atoms with Crippen LogP contribution in [0.5, 0.6) is 5.75 Å². The topological polar surface area (TPSA) is 64.1 Å². The Morgan fingerprint density at radius 1 is 1.32 bits per heavy atom. The molecule has 0 saturated carbocycles. The maximum absolute atomic E-state index is 12.1. The smallest absolute Gasteiger partial charge is 0.266 e. The van der Waals surface area contributed by atoms with Crippen LogP contribution in [0.15, 0.2) is 18.2 Å². The van der Waals surface area contributed by atoms with Gasteiger partial charge in [0.05, 0.1) is 0 Å². The molecule has 0 unspecified atom stereocenters. The first-order chi connectivity index (χ1) is 10.5. The summed E-state index contributed by atoms with van der Waals surface area (Å²) >= 11 is 1.40. The molecule has 5 nitrogen and oxygen atoms in total. The first kappa shape index (κ1) is 16.4. The minimum absolute atomic E-state index is 0.225. The van der Waals surface area contributed by atoms with Crippen molar-refractivity contribution in [3.63, 3.8) is 0 Å². The molecule has 118 valence electrons. The highest BCUT2D eigenvalue weighted by molar-refractivity contribution is 7.15. The lowest BCUT2D eigenvalue weighted by atomic mass is 10.1. The van der Waals surface area contributed by atoms with Crippen LogP contribution in [0.2, 0.25) is 0 Å². The summed E-state index contributed by atoms with van der Waals surface area (Å²) in [5.41, 5.74) is 2.33. The van der Waals surface area contributed by atoms with Crippen molar-refractivity contribution in [2.75, 3.05) is 5.32 Å². The number of aryl methyl sites for hydroxylation is 3. The molecule has 2 rings (SSSR count). The summed E-state index contributed by atoms with van der Waals surface area (Å²) in [5.74, 6) is 0.465. The van der Waals surface area contributed by atoms with Gasteiger partial charge in [-0.2, -0.15) is 0 Å². The summed E-state index contributed by atoms with van der Waals surface area (Å²) in [5, 5.41) is 12.2. The monoisotopic (exact) mass is 319 g/mol. The first-order valence-electron chi connectivity index (χ1n) is 7.36. The molecule has 0 saturated heterocycles. The number of carbonyl (C=O) groups is 1. The van der Waals surface area contributed by atoms with E-state index in [1.54, 1.807) is 6.92 Å². The van der Waals surface area contributed by atoms with Crippen molar-refractivity contribution in [2.24, 2.45) is 0 Å². The summed E-state index contributed by atoms with van der Waals surface area (Å²) in [6.07, 6.45) is 1.29. The third-order valence-electron chi connectivity index (χ3n) is 3.32. The summed E-state index contributed by atoms with van der Waals surface area (Å²) in [7, 11) is 0. The van der Waals surface area contributed by atoms with E-state index in [9.17, 15) is 4.79 Å². The van der Waals surface area contributed by atoms with Crippen LogP contribution in [0, 0.1) is 13.8 Å². The van der Waals surface area contributed by atoms with Crippen molar-refractivity contribution in [3.05, 3.63) is 34.3 Å². The lowest BCUT2D eigenvalue weighted by Crippen LogP contribution is -2.30. The van der Waals surface area contributed by atoms with E-state index < -0.39 is 6.10 Å². The van der Waals surface area contributed by atoms with E-state index in [1.165, 1.54) is 16.9 Å². The second kappa shape index (κ2) is 7.35. The van der Waals surface area contributed by atoms with Crippen LogP contribution in [-0.2, 0) is 11.2 Å². The number of ether oxygens (including phenoxy) is 1. The predicted octanol–water partition coefficient (Wildman–Crippen LogP) is 3.51. The lowest BCUT2D eigenvalue weighted by molar-refractivity contribution is -0.122. The molecule has 0 spiro atoms. The largest absolute Gasteiger partial charge is 0.481 e. The van der Waals surface area contributed by atoms with Gasteiger partial charge in [-0.05, 0) is 50.5 Å². The Balaban J connectivity index is 1.94. The van der Waals surface area contributed by atoms with Crippen LogP contribution in [0.25, 0.3) is 0 Å². The molecule has 0 aliphatic heterocycles. The molecule has 1 aromatic heterocycles. The standard InChI is InChI=1S/C16H21N3O2S/c1-5-6-14-18-19-16(22-14)17-15(20)12(4)21-13-8-7-10(2)11(3)9-13/h7-9,12H,5-6H2,1-4H3,(H,17,19,20)/t12-/m0/s1. The first-order valence-corrected chi connectivity index (χ1v) is 8.18. The Morgan fingerprint density at radius 3 is 2.77 bits per heavy atom. The van der Waals surface area contributed by atoms with Crippen molar-refractivity contribution >= 4 is 22.4 Å². The molecule has 0 bridgehead atoms. The Bertz CT molecular complexity index is 655. The van der Waals surface area contributed by atoms with Gasteiger partial charge in [-0.1, -0.05) is 24.3 Å². The average Bonchev–Trinajstić information content (AvgIpc) is 2.90. The van der Waals surface area contributed by atoms with Gasteiger partial charge in [0.2, 0.25) is 5.13 Å². The van der Waals surface area contributed by atoms with Crippen molar-refractivity contribution < 1.29 is 9.53 Å². The number of anilines is 1. The lowest BCUT2D eigenvalue weighted by Gasteiger charge is -2.14. The summed E-state index contributed by atoms with van der Waals surface area (Å²) in [6.45, 7) is 7.86. The zero-order valence-corrected chi connectivity index (χ0v) is 14.2. The minimum Gasteiger partial charge on any atom is -0.481 e. The zero-order chi connectivity index (χ0) is 16.1. The number of amides is 1. The number of rotatable bonds is 6. The Labute approximate surface area is 134 Å². The summed E-state index contributed by atoms with van der Waals surface area (Å²) in [6, 6.07) is 5.79. The van der Waals surface area contributed by atoms with Crippen LogP contribution < -0.4 is 10.1 Å². The fourth-order valence-corrected chi connectivity index (χ4v) is 2.72. The minimum atomic E-state index is -0.597. The zero-order valence-electron chi connectivity index (χ0n) is 13.3. The normalized spacial score (nSPS) is 12.0. The molecule has 0 radical (unpaired) electrons. The molecule has 1 heterocycles. The number of hydrogen-bond acceptors (Lipinski definition) is 5. The third-order valence-corrected chi connectivity index (χ3v) is 4.22. The van der Waals surface area contributed by atoms with Gasteiger partial charge in [-0.3, -0.25) is 10.1 Å². The van der Waals surface area contributed by atoms with Gasteiger partial charge in [0.15, 0.2) is 6.10 Å². The second-order valence-electron chi connectivity index (χ2n) is 5.25. The van der Waals surface area contributed by atoms with Crippen LogP contribution in [-0.4, -0.2) is 22.2 Å². The molecule has 2 aromatic rings. The maximum Gasteiger partial charge on any atom is 0.266 e. The molecule has 0 aliphatic carbocycles. The number of nitrogens with one attached hydrogen (secondary N) is 1. The van der Waals surface area contributed by atoms with E-state index in [1.807, 2.05) is 32.0 Å². The SMILES string of the molecule is CCCc1nnc(NC(=O)[C@H](C)Oc2ccc(C)c(C)c2)s1. The molecule has 0 aliphatic rings. The molecule has 1 aromatic carbocycles. The average molecular weight is 319 g/mol. The molecular weight excluding hydrogens is 298 g/mol. The number of hydrogen-bond donors (Lipinski definition) is 1. The van der Waals surface area contributed by atoms with Crippen molar-refractivity contribution in [2.45, 2.75) is 46.6 Å². The van der Waals surface area contributed by atoms with E-state index in [2.05, 4.69) is 22.4 Å². The maximum atomic E-state index is 12.1. The van der Waals surface area contributed by atoms with Crippen molar-refractivity contribution in [3.8, 4) is 5.75 Å². The molecule has 6 heteroatoms. The highest BCUT2D eigenvalue weighted by Gasteiger charge is 2.17. The van der Waals surface area contributed by atoms with Gasteiger partial charge in [-0.15, -0.1) is 10.2 Å². The van der Waals surface area contributed by atoms with Gasteiger partial charge >= 0.3 is 0 Å². The van der Waals surface area contributed by atoms with Crippen molar-refractivity contribution in [1.82, 2.24) is 10.2 Å². The van der Waals surface area contributed by atoms with Crippen LogP contribution >= 0.6 is 11.3 Å². The van der Waals surface area contributed by atoms with Gasteiger partial charge < -0.3 is 4.74 Å². The van der Waals surface area contributed by atoms with Gasteiger partial charge in [0.25, 0.3) is 5.91 Å². The molecule has 22 heavy (non-hydrogen) atoms. The van der Waals surface area contributed by atoms with Crippen LogP contribution in [0.4, 0.5) is 5.13 Å². The molecular formula is C16H21N3O2S. The van der Waals surface area contributed by atoms with Gasteiger partial charge in [0.1, 0.15) is 10.8 Å². The highest BCUT2D eigenvalue weighted by atomic mass is 32.1. The van der Waals surface area contributed by atoms with Crippen LogP contribution in [0.3, 0.4) is 0 Å². The number of aromatic nitrogens is 2. The number of carbonyl (C=O) groups excluding carboxylic acids is 1. The Kier molecular flexibility index (Phi) is 5.49. The second-order valence-corrected chi connectivity index (χ2v) is 6.31. The fourth-order valence-electron chi connectivity index (χ4n) is 1.87. The van der Waals surface area contributed by atoms with E-state index in [-0.39, 0.29) is 5.91 Å². The Morgan fingerprint density at radius 2 is 2.09 bits per heavy atom. The Hall–Kier alpha value is -1.95. The van der Waals surface area contributed by atoms with Crippen molar-refractivity contribution in [1.29, 1.82) is 0 Å².